The van der Waals surface area contributed by atoms with E-state index < -0.39 is 5.97 Å². The van der Waals surface area contributed by atoms with Crippen molar-refractivity contribution in [2.45, 2.75) is 13.5 Å². The van der Waals surface area contributed by atoms with Gasteiger partial charge in [-0.25, -0.2) is 0 Å². The molecule has 0 aliphatic carbocycles. The quantitative estimate of drug-likeness (QED) is 0.427. The summed E-state index contributed by atoms with van der Waals surface area (Å²) < 4.78 is 0. The number of aliphatic carboxylic acids is 1. The van der Waals surface area contributed by atoms with Crippen LogP contribution in [0.2, 0.25) is 0 Å². The van der Waals surface area contributed by atoms with Gasteiger partial charge in [-0.1, -0.05) is 0 Å². The minimum Gasteiger partial charge on any atom is -0.481 e. The fourth-order valence-corrected chi connectivity index (χ4v) is 1.38. The lowest BCUT2D eigenvalue weighted by Crippen LogP contribution is -2.08. The van der Waals surface area contributed by atoms with E-state index in [9.17, 15) is 0 Å². The third-order valence-corrected chi connectivity index (χ3v) is 2.27. The van der Waals surface area contributed by atoms with Crippen LogP contribution in [0.4, 0.5) is 0 Å². The zero-order chi connectivity index (χ0) is 11.1. The molecule has 0 amide bonds. The number of amidine groups is 1. The maximum Gasteiger partial charge on any atom is 0.300 e. The second-order valence-corrected chi connectivity index (χ2v) is 3.57. The summed E-state index contributed by atoms with van der Waals surface area (Å²) >= 11 is 1.47. The van der Waals surface area contributed by atoms with Gasteiger partial charge in [-0.3, -0.25) is 10.2 Å². The monoisotopic (exact) mass is 215 g/mol. The van der Waals surface area contributed by atoms with Crippen molar-refractivity contribution >= 4 is 23.1 Å². The van der Waals surface area contributed by atoms with Gasteiger partial charge < -0.3 is 16.6 Å². The Hall–Kier alpha value is -1.40. The Labute approximate surface area is 85.9 Å². The van der Waals surface area contributed by atoms with Crippen molar-refractivity contribution in [3.05, 3.63) is 21.9 Å². The Morgan fingerprint density at radius 3 is 2.36 bits per heavy atom. The highest BCUT2D eigenvalue weighted by molar-refractivity contribution is 7.14. The Morgan fingerprint density at radius 1 is 1.64 bits per heavy atom. The van der Waals surface area contributed by atoms with Gasteiger partial charge in [-0.15, -0.1) is 11.3 Å². The fourth-order valence-electron chi connectivity index (χ4n) is 0.632. The molecule has 0 saturated heterocycles. The molecule has 6 N–H and O–H groups in total. The number of carboxylic acids is 1. The Bertz CT molecular complexity index is 318. The summed E-state index contributed by atoms with van der Waals surface area (Å²) in [7, 11) is 0. The predicted octanol–water partition coefficient (Wildman–Crippen LogP) is 0.582. The van der Waals surface area contributed by atoms with Gasteiger partial charge >= 0.3 is 0 Å². The van der Waals surface area contributed by atoms with Gasteiger partial charge in [0.25, 0.3) is 5.97 Å². The first kappa shape index (κ1) is 12.6. The summed E-state index contributed by atoms with van der Waals surface area (Å²) in [6.45, 7) is 1.61. The van der Waals surface area contributed by atoms with Gasteiger partial charge in [-0.05, 0) is 12.1 Å². The van der Waals surface area contributed by atoms with Gasteiger partial charge in [-0.2, -0.15) is 0 Å². The van der Waals surface area contributed by atoms with E-state index >= 15 is 0 Å². The molecule has 0 atom stereocenters. The van der Waals surface area contributed by atoms with E-state index in [0.717, 1.165) is 16.7 Å². The second-order valence-electron chi connectivity index (χ2n) is 2.40. The van der Waals surface area contributed by atoms with Crippen molar-refractivity contribution in [3.63, 3.8) is 0 Å². The fraction of sp³-hybridized carbons (Fsp3) is 0.250. The second kappa shape index (κ2) is 6.11. The first-order valence-corrected chi connectivity index (χ1v) is 4.61. The van der Waals surface area contributed by atoms with Crippen LogP contribution in [-0.4, -0.2) is 16.9 Å². The number of rotatable bonds is 2. The molecule has 0 aliphatic heterocycles. The van der Waals surface area contributed by atoms with Gasteiger partial charge in [0.1, 0.15) is 5.84 Å². The van der Waals surface area contributed by atoms with E-state index in [-0.39, 0.29) is 5.84 Å². The first-order chi connectivity index (χ1) is 6.47. The average Bonchev–Trinajstić information content (AvgIpc) is 2.50. The highest BCUT2D eigenvalue weighted by Gasteiger charge is 1.99. The molecule has 1 aromatic heterocycles. The summed E-state index contributed by atoms with van der Waals surface area (Å²) in [5.74, 6) is -0.718. The topological polar surface area (TPSA) is 113 Å². The Kier molecular flexibility index (Phi) is 5.50. The number of carbonyl (C=O) groups is 1. The number of hydrogen-bond acceptors (Lipinski definition) is 4. The van der Waals surface area contributed by atoms with Crippen molar-refractivity contribution in [1.29, 1.82) is 5.41 Å². The molecule has 1 rings (SSSR count). The summed E-state index contributed by atoms with van der Waals surface area (Å²) in [5, 5.41) is 14.5. The number of carboxylic acid groups (broad SMARTS) is 1. The molecule has 5 nitrogen and oxygen atoms in total. The van der Waals surface area contributed by atoms with Crippen LogP contribution in [0.15, 0.2) is 12.1 Å². The van der Waals surface area contributed by atoms with Crippen LogP contribution in [0.25, 0.3) is 0 Å². The molecule has 0 fully saturated rings. The molecule has 0 radical (unpaired) electrons. The normalized spacial score (nSPS) is 8.71. The molecule has 0 aromatic carbocycles. The Morgan fingerprint density at radius 2 is 2.14 bits per heavy atom. The molecular formula is C8H13N3O2S. The number of thiophene rings is 1. The van der Waals surface area contributed by atoms with E-state index in [0.29, 0.717) is 6.54 Å². The highest BCUT2D eigenvalue weighted by Crippen LogP contribution is 2.14. The van der Waals surface area contributed by atoms with Gasteiger partial charge in [0.05, 0.1) is 4.88 Å². The van der Waals surface area contributed by atoms with Crippen molar-refractivity contribution in [2.75, 3.05) is 0 Å². The summed E-state index contributed by atoms with van der Waals surface area (Å²) in [6, 6.07) is 3.70. The predicted molar refractivity (Wildman–Crippen MR) is 56.5 cm³/mol. The molecule has 6 heteroatoms. The van der Waals surface area contributed by atoms with Crippen LogP contribution in [0.5, 0.6) is 0 Å². The maximum absolute atomic E-state index is 9.00. The molecular weight excluding hydrogens is 202 g/mol. The minimum atomic E-state index is -0.833. The van der Waals surface area contributed by atoms with Crippen LogP contribution in [0.3, 0.4) is 0 Å². The summed E-state index contributed by atoms with van der Waals surface area (Å²) in [6.07, 6.45) is 0. The molecule has 1 aromatic rings. The van der Waals surface area contributed by atoms with Crippen LogP contribution < -0.4 is 11.5 Å². The third kappa shape index (κ3) is 5.28. The SMILES string of the molecule is CC(=O)O.N=C(N)c1ccc(CN)s1. The average molecular weight is 215 g/mol. The highest BCUT2D eigenvalue weighted by atomic mass is 32.1. The van der Waals surface area contributed by atoms with Crippen LogP contribution in [0, 0.1) is 5.41 Å². The van der Waals surface area contributed by atoms with Gasteiger partial charge in [0, 0.05) is 18.3 Å². The third-order valence-electron chi connectivity index (χ3n) is 1.13. The standard InChI is InChI=1S/C6H9N3S.C2H4O2/c7-3-4-1-2-5(10-4)6(8)9;1-2(3)4/h1-2H,3,7H2,(H3,8,9);1H3,(H,3,4). The molecule has 1 heterocycles. The van der Waals surface area contributed by atoms with E-state index in [2.05, 4.69) is 0 Å². The van der Waals surface area contributed by atoms with Gasteiger partial charge in [0.2, 0.25) is 0 Å². The molecule has 0 bridgehead atoms. The minimum absolute atomic E-state index is 0.115. The van der Waals surface area contributed by atoms with Gasteiger partial charge in [0.15, 0.2) is 0 Å². The van der Waals surface area contributed by atoms with Crippen LogP contribution in [-0.2, 0) is 11.3 Å². The lowest BCUT2D eigenvalue weighted by Gasteiger charge is -1.87. The first-order valence-electron chi connectivity index (χ1n) is 3.80. The summed E-state index contributed by atoms with van der Waals surface area (Å²) in [5.41, 5.74) is 10.6. The van der Waals surface area contributed by atoms with Crippen molar-refractivity contribution in [2.24, 2.45) is 11.5 Å². The van der Waals surface area contributed by atoms with E-state index in [1.165, 1.54) is 11.3 Å². The molecule has 0 aliphatic rings. The molecule has 0 spiro atoms. The van der Waals surface area contributed by atoms with E-state index in [4.69, 9.17) is 26.8 Å². The lowest BCUT2D eigenvalue weighted by molar-refractivity contribution is -0.134. The molecule has 78 valence electrons. The smallest absolute Gasteiger partial charge is 0.300 e. The number of hydrogen-bond donors (Lipinski definition) is 4. The van der Waals surface area contributed by atoms with E-state index in [1.807, 2.05) is 12.1 Å². The molecule has 14 heavy (non-hydrogen) atoms. The Balaban J connectivity index is 0.000000364. The lowest BCUT2D eigenvalue weighted by atomic mass is 10.4. The molecule has 0 unspecified atom stereocenters. The zero-order valence-corrected chi connectivity index (χ0v) is 8.60. The largest absolute Gasteiger partial charge is 0.481 e. The van der Waals surface area contributed by atoms with Crippen molar-refractivity contribution < 1.29 is 9.90 Å². The number of nitrogens with one attached hydrogen (secondary N) is 1. The van der Waals surface area contributed by atoms with Crippen molar-refractivity contribution in [1.82, 2.24) is 0 Å². The molecule has 0 saturated carbocycles. The maximum atomic E-state index is 9.00. The number of nitrogen functional groups attached to an aromatic ring is 1. The zero-order valence-electron chi connectivity index (χ0n) is 7.78. The van der Waals surface area contributed by atoms with Crippen LogP contribution >= 0.6 is 11.3 Å². The number of nitrogens with two attached hydrogens (primary N) is 2. The summed E-state index contributed by atoms with van der Waals surface area (Å²) in [4.78, 5) is 10.9. The van der Waals surface area contributed by atoms with Crippen molar-refractivity contribution in [3.8, 4) is 0 Å². The van der Waals surface area contributed by atoms with E-state index in [1.54, 1.807) is 0 Å². The van der Waals surface area contributed by atoms with Crippen LogP contribution in [0.1, 0.15) is 16.7 Å².